The summed E-state index contributed by atoms with van der Waals surface area (Å²) in [6, 6.07) is 16.8. The van der Waals surface area contributed by atoms with Gasteiger partial charge in [0.2, 0.25) is 0 Å². The minimum absolute atomic E-state index is 0.226. The molecule has 0 amide bonds. The van der Waals surface area contributed by atoms with Crippen molar-refractivity contribution in [3.63, 3.8) is 0 Å². The quantitative estimate of drug-likeness (QED) is 0.344. The molecule has 0 aliphatic carbocycles. The number of nitrogens with one attached hydrogen (secondary N) is 1. The Morgan fingerprint density at radius 3 is 2.58 bits per heavy atom. The molecule has 0 radical (unpaired) electrons. The molecule has 0 spiro atoms. The second-order valence-electron chi connectivity index (χ2n) is 7.94. The molecule has 0 atom stereocenters. The van der Waals surface area contributed by atoms with Crippen molar-refractivity contribution >= 4 is 51.0 Å². The van der Waals surface area contributed by atoms with E-state index in [1.165, 1.54) is 0 Å². The van der Waals surface area contributed by atoms with Gasteiger partial charge in [0.25, 0.3) is 5.56 Å². The number of hydrogen-bond donors (Lipinski definition) is 1. The molecule has 2 aromatic heterocycles. The molecule has 0 saturated carbocycles. The lowest BCUT2D eigenvalue weighted by atomic mass is 10.1. The van der Waals surface area contributed by atoms with Crippen LogP contribution in [-0.4, -0.2) is 33.1 Å². The fourth-order valence-electron chi connectivity index (χ4n) is 3.96. The largest absolute Gasteiger partial charge is 0.375 e. The molecule has 5 rings (SSSR count). The first-order valence-corrected chi connectivity index (χ1v) is 11.3. The fourth-order valence-corrected chi connectivity index (χ4v) is 4.45. The van der Waals surface area contributed by atoms with E-state index >= 15 is 0 Å². The fraction of sp³-hybridized carbons (Fsp3) is 0.160. The van der Waals surface area contributed by atoms with Crippen molar-refractivity contribution in [1.82, 2.24) is 19.5 Å². The number of anilines is 1. The van der Waals surface area contributed by atoms with Crippen LogP contribution in [0.2, 0.25) is 10.0 Å². The topological polar surface area (TPSA) is 66.8 Å². The van der Waals surface area contributed by atoms with E-state index in [-0.39, 0.29) is 11.3 Å². The smallest absolute Gasteiger partial charge is 0.285 e. The second-order valence-corrected chi connectivity index (χ2v) is 8.79. The van der Waals surface area contributed by atoms with Crippen LogP contribution in [0.25, 0.3) is 39.3 Å². The minimum atomic E-state index is -0.318. The first-order chi connectivity index (χ1) is 15.9. The van der Waals surface area contributed by atoms with Crippen LogP contribution in [0.5, 0.6) is 0 Å². The molecular weight excluding hydrogens is 457 g/mol. The molecule has 0 aliphatic heterocycles. The maximum absolute atomic E-state index is 13.9. The maximum atomic E-state index is 13.9. The zero-order valence-electron chi connectivity index (χ0n) is 18.4. The third-order valence-corrected chi connectivity index (χ3v) is 6.35. The van der Waals surface area contributed by atoms with Crippen LogP contribution >= 0.6 is 23.2 Å². The summed E-state index contributed by atoms with van der Waals surface area (Å²) in [5.41, 5.74) is 5.34. The number of aryl methyl sites for hydroxylation is 1. The Morgan fingerprint density at radius 2 is 1.85 bits per heavy atom. The van der Waals surface area contributed by atoms with Gasteiger partial charge in [-0.15, -0.1) is 0 Å². The van der Waals surface area contributed by atoms with Crippen molar-refractivity contribution < 1.29 is 0 Å². The highest BCUT2D eigenvalue weighted by Crippen LogP contribution is 2.30. The molecule has 33 heavy (non-hydrogen) atoms. The number of nitrogens with zero attached hydrogens (tertiary/aromatic N) is 4. The van der Waals surface area contributed by atoms with Crippen molar-refractivity contribution in [1.29, 1.82) is 0 Å². The average Bonchev–Trinajstić information content (AvgIpc) is 3.23. The van der Waals surface area contributed by atoms with Crippen LogP contribution < -0.4 is 10.5 Å². The van der Waals surface area contributed by atoms with Gasteiger partial charge < -0.3 is 9.88 Å². The number of para-hydroxylation sites is 2. The van der Waals surface area contributed by atoms with Crippen LogP contribution in [-0.2, 0) is 0 Å². The Hall–Kier alpha value is -3.35. The van der Waals surface area contributed by atoms with Crippen LogP contribution in [0, 0.1) is 6.92 Å². The molecule has 2 heterocycles. The Bertz CT molecular complexity index is 1550. The first-order valence-electron chi connectivity index (χ1n) is 10.6. The summed E-state index contributed by atoms with van der Waals surface area (Å²) in [5.74, 6) is 0.413. The summed E-state index contributed by atoms with van der Waals surface area (Å²) in [5, 5.41) is 0.870. The molecule has 5 aromatic rings. The number of hydrogen-bond acceptors (Lipinski definition) is 4. The van der Waals surface area contributed by atoms with Crippen molar-refractivity contribution in [2.75, 3.05) is 18.5 Å². The van der Waals surface area contributed by atoms with Crippen molar-refractivity contribution in [2.24, 2.45) is 0 Å². The highest BCUT2D eigenvalue weighted by Gasteiger charge is 2.20. The van der Waals surface area contributed by atoms with Crippen molar-refractivity contribution in [3.05, 3.63) is 80.6 Å². The number of fused-ring (bicyclic) bond motifs is 2. The summed E-state index contributed by atoms with van der Waals surface area (Å²) in [6.07, 6.45) is 0. The van der Waals surface area contributed by atoms with Gasteiger partial charge >= 0.3 is 0 Å². The molecule has 6 nitrogen and oxygen atoms in total. The molecule has 0 aliphatic rings. The molecule has 8 heteroatoms. The normalized spacial score (nSPS) is 11.4. The van der Waals surface area contributed by atoms with Crippen molar-refractivity contribution in [3.8, 4) is 17.2 Å². The predicted molar refractivity (Wildman–Crippen MR) is 136 cm³/mol. The first kappa shape index (κ1) is 21.5. The van der Waals surface area contributed by atoms with E-state index in [0.717, 1.165) is 28.8 Å². The Labute approximate surface area is 200 Å². The van der Waals surface area contributed by atoms with Gasteiger partial charge in [0.15, 0.2) is 11.5 Å². The Morgan fingerprint density at radius 1 is 1.06 bits per heavy atom. The number of benzene rings is 3. The number of H-pyrrole nitrogens is 1. The minimum Gasteiger partial charge on any atom is -0.375 e. The van der Waals surface area contributed by atoms with E-state index in [1.807, 2.05) is 44.3 Å². The summed E-state index contributed by atoms with van der Waals surface area (Å²) in [6.45, 7) is 4.88. The zero-order valence-corrected chi connectivity index (χ0v) is 19.9. The lowest BCUT2D eigenvalue weighted by molar-refractivity contribution is 0.961. The zero-order chi connectivity index (χ0) is 23.3. The summed E-state index contributed by atoms with van der Waals surface area (Å²) < 4.78 is 1.60. The van der Waals surface area contributed by atoms with Gasteiger partial charge in [-0.25, -0.2) is 9.97 Å². The molecule has 1 N–H and O–H groups in total. The number of aromatic nitrogens is 4. The SMILES string of the molecule is CCN(C)c1cc(C)c2nc(-c3nc4ccccc4[nH]3)c(=O)n(-c3ccc(Cl)cc3Cl)c2c1. The molecule has 0 bridgehead atoms. The van der Waals surface area contributed by atoms with Gasteiger partial charge in [0.05, 0.1) is 32.8 Å². The van der Waals surface area contributed by atoms with Gasteiger partial charge in [-0.3, -0.25) is 9.36 Å². The van der Waals surface area contributed by atoms with Gasteiger partial charge in [0.1, 0.15) is 0 Å². The third kappa shape index (κ3) is 3.65. The van der Waals surface area contributed by atoms with Crippen LogP contribution in [0.3, 0.4) is 0 Å². The highest BCUT2D eigenvalue weighted by molar-refractivity contribution is 6.35. The van der Waals surface area contributed by atoms with E-state index in [2.05, 4.69) is 27.9 Å². The van der Waals surface area contributed by atoms with Crippen LogP contribution in [0.15, 0.2) is 59.4 Å². The Kier molecular flexibility index (Phi) is 5.35. The summed E-state index contributed by atoms with van der Waals surface area (Å²) in [4.78, 5) is 28.6. The molecular formula is C25H21Cl2N5O. The van der Waals surface area contributed by atoms with Gasteiger partial charge in [-0.05, 0) is 61.9 Å². The van der Waals surface area contributed by atoms with Crippen LogP contribution in [0.4, 0.5) is 5.69 Å². The summed E-state index contributed by atoms with van der Waals surface area (Å²) in [7, 11) is 2.01. The highest BCUT2D eigenvalue weighted by atomic mass is 35.5. The molecule has 3 aromatic carbocycles. The van der Waals surface area contributed by atoms with E-state index in [4.69, 9.17) is 28.2 Å². The Balaban J connectivity index is 1.90. The number of halogens is 2. The number of imidazole rings is 1. The van der Waals surface area contributed by atoms with E-state index in [9.17, 15) is 4.79 Å². The molecule has 166 valence electrons. The molecule has 0 unspecified atom stereocenters. The van der Waals surface area contributed by atoms with Gasteiger partial charge in [-0.1, -0.05) is 35.3 Å². The third-order valence-electron chi connectivity index (χ3n) is 5.81. The van der Waals surface area contributed by atoms with E-state index in [0.29, 0.717) is 32.6 Å². The average molecular weight is 478 g/mol. The monoisotopic (exact) mass is 477 g/mol. The van der Waals surface area contributed by atoms with E-state index in [1.54, 1.807) is 22.8 Å². The van der Waals surface area contributed by atoms with E-state index < -0.39 is 0 Å². The molecule has 0 fully saturated rings. The van der Waals surface area contributed by atoms with Crippen molar-refractivity contribution in [2.45, 2.75) is 13.8 Å². The summed E-state index contributed by atoms with van der Waals surface area (Å²) >= 11 is 12.7. The molecule has 0 saturated heterocycles. The number of rotatable bonds is 4. The lowest BCUT2D eigenvalue weighted by Crippen LogP contribution is -2.24. The van der Waals surface area contributed by atoms with Crippen LogP contribution in [0.1, 0.15) is 12.5 Å². The lowest BCUT2D eigenvalue weighted by Gasteiger charge is -2.20. The standard InChI is InChI=1S/C25H21Cl2N5O/c1-4-31(3)16-11-14(2)22-21(13-16)32(20-10-9-15(26)12-17(20)27)25(33)23(30-22)24-28-18-7-5-6-8-19(18)29-24/h5-13H,4H2,1-3H3,(H,28,29). The predicted octanol–water partition coefficient (Wildman–Crippen LogP) is 6.00. The second kappa shape index (κ2) is 8.21. The maximum Gasteiger partial charge on any atom is 0.285 e. The van der Waals surface area contributed by atoms with Gasteiger partial charge in [-0.2, -0.15) is 0 Å². The van der Waals surface area contributed by atoms with Gasteiger partial charge in [0, 0.05) is 24.3 Å². The number of aromatic amines is 1.